The van der Waals surface area contributed by atoms with E-state index < -0.39 is 0 Å². The van der Waals surface area contributed by atoms with E-state index in [2.05, 4.69) is 144 Å². The van der Waals surface area contributed by atoms with E-state index in [1.165, 1.54) is 21.5 Å². The molecular formula is C38H25NO. The van der Waals surface area contributed by atoms with Crippen molar-refractivity contribution >= 4 is 60.5 Å². The second kappa shape index (κ2) is 9.14. The first-order chi connectivity index (χ1) is 19.8. The van der Waals surface area contributed by atoms with Gasteiger partial charge in [-0.3, -0.25) is 0 Å². The lowest BCUT2D eigenvalue weighted by Crippen LogP contribution is -2.12. The van der Waals surface area contributed by atoms with Crippen LogP contribution in [0.4, 0.5) is 17.1 Å². The van der Waals surface area contributed by atoms with Crippen LogP contribution in [0.25, 0.3) is 54.6 Å². The summed E-state index contributed by atoms with van der Waals surface area (Å²) in [6.45, 7) is 0. The average molecular weight is 512 g/mol. The second-order valence-corrected chi connectivity index (χ2v) is 10.2. The lowest BCUT2D eigenvalue weighted by Gasteiger charge is -2.30. The molecule has 0 aliphatic heterocycles. The summed E-state index contributed by atoms with van der Waals surface area (Å²) in [7, 11) is 0. The Balaban J connectivity index is 1.43. The highest BCUT2D eigenvalue weighted by Crippen LogP contribution is 2.46. The van der Waals surface area contributed by atoms with Gasteiger partial charge in [-0.25, -0.2) is 0 Å². The van der Waals surface area contributed by atoms with Crippen molar-refractivity contribution in [2.45, 2.75) is 0 Å². The fourth-order valence-electron chi connectivity index (χ4n) is 6.00. The third kappa shape index (κ3) is 3.58. The quantitative estimate of drug-likeness (QED) is 0.234. The largest absolute Gasteiger partial charge is 0.456 e. The Morgan fingerprint density at radius 1 is 0.375 bits per heavy atom. The molecule has 0 saturated carbocycles. The molecule has 0 unspecified atom stereocenters. The summed E-state index contributed by atoms with van der Waals surface area (Å²) in [5, 5.41) is 7.12. The maximum absolute atomic E-state index is 6.15. The molecule has 0 radical (unpaired) electrons. The molecular weight excluding hydrogens is 486 g/mol. The monoisotopic (exact) mass is 511 g/mol. The summed E-state index contributed by atoms with van der Waals surface area (Å²) < 4.78 is 6.15. The molecule has 1 aromatic heterocycles. The Morgan fingerprint density at radius 2 is 0.900 bits per heavy atom. The van der Waals surface area contributed by atoms with Gasteiger partial charge in [0.25, 0.3) is 0 Å². The van der Waals surface area contributed by atoms with Crippen LogP contribution in [0.2, 0.25) is 0 Å². The zero-order valence-corrected chi connectivity index (χ0v) is 21.8. The number of hydrogen-bond acceptors (Lipinski definition) is 2. The van der Waals surface area contributed by atoms with E-state index in [0.717, 1.165) is 50.1 Å². The van der Waals surface area contributed by atoms with E-state index in [-0.39, 0.29) is 0 Å². The first-order valence-electron chi connectivity index (χ1n) is 13.6. The van der Waals surface area contributed by atoms with E-state index in [1.54, 1.807) is 0 Å². The summed E-state index contributed by atoms with van der Waals surface area (Å²) in [5.41, 5.74) is 7.56. The molecule has 0 spiro atoms. The normalized spacial score (nSPS) is 11.5. The zero-order valence-electron chi connectivity index (χ0n) is 21.8. The highest BCUT2D eigenvalue weighted by Gasteiger charge is 2.21. The molecule has 7 aromatic carbocycles. The number of anilines is 3. The SMILES string of the molecule is c1ccc(N(c2cccc3ccccc23)c2cccc3ccccc23)c(-c2ccc3oc4ccccc4c3c2)c1. The van der Waals surface area contributed by atoms with Crippen LogP contribution in [-0.2, 0) is 0 Å². The van der Waals surface area contributed by atoms with Crippen molar-refractivity contribution in [3.8, 4) is 11.1 Å². The second-order valence-electron chi connectivity index (χ2n) is 10.2. The molecule has 0 N–H and O–H groups in total. The van der Waals surface area contributed by atoms with E-state index in [9.17, 15) is 0 Å². The van der Waals surface area contributed by atoms with Crippen molar-refractivity contribution in [2.24, 2.45) is 0 Å². The minimum atomic E-state index is 0.905. The van der Waals surface area contributed by atoms with Gasteiger partial charge in [0, 0.05) is 27.1 Å². The predicted molar refractivity (Wildman–Crippen MR) is 169 cm³/mol. The molecule has 8 rings (SSSR count). The van der Waals surface area contributed by atoms with Crippen LogP contribution in [0.15, 0.2) is 156 Å². The molecule has 1 heterocycles. The van der Waals surface area contributed by atoms with Crippen LogP contribution in [0.3, 0.4) is 0 Å². The Kier molecular flexibility index (Phi) is 5.17. The Labute approximate surface area is 232 Å². The summed E-state index contributed by atoms with van der Waals surface area (Å²) in [4.78, 5) is 2.43. The predicted octanol–water partition coefficient (Wildman–Crippen LogP) is 11.0. The number of nitrogens with zero attached hydrogens (tertiary/aromatic N) is 1. The van der Waals surface area contributed by atoms with Gasteiger partial charge in [0.15, 0.2) is 0 Å². The Bertz CT molecular complexity index is 2100. The van der Waals surface area contributed by atoms with Crippen molar-refractivity contribution in [1.82, 2.24) is 0 Å². The highest BCUT2D eigenvalue weighted by atomic mass is 16.3. The number of rotatable bonds is 4. The molecule has 0 aliphatic carbocycles. The number of fused-ring (bicyclic) bond motifs is 5. The summed E-state index contributed by atoms with van der Waals surface area (Å²) in [6.07, 6.45) is 0. The molecule has 2 heteroatoms. The van der Waals surface area contributed by atoms with Crippen LogP contribution < -0.4 is 4.90 Å². The average Bonchev–Trinajstić information content (AvgIpc) is 3.40. The molecule has 0 fully saturated rings. The van der Waals surface area contributed by atoms with Crippen LogP contribution >= 0.6 is 0 Å². The maximum atomic E-state index is 6.15. The molecule has 2 nitrogen and oxygen atoms in total. The van der Waals surface area contributed by atoms with Gasteiger partial charge in [0.1, 0.15) is 11.2 Å². The van der Waals surface area contributed by atoms with Gasteiger partial charge >= 0.3 is 0 Å². The van der Waals surface area contributed by atoms with Crippen molar-refractivity contribution in [1.29, 1.82) is 0 Å². The zero-order chi connectivity index (χ0) is 26.5. The molecule has 0 atom stereocenters. The first kappa shape index (κ1) is 22.6. The third-order valence-corrected chi connectivity index (χ3v) is 7.85. The van der Waals surface area contributed by atoms with Crippen LogP contribution in [0.5, 0.6) is 0 Å². The number of para-hydroxylation sites is 2. The van der Waals surface area contributed by atoms with Gasteiger partial charge in [-0.2, -0.15) is 0 Å². The van der Waals surface area contributed by atoms with Crippen molar-refractivity contribution < 1.29 is 4.42 Å². The van der Waals surface area contributed by atoms with Crippen LogP contribution in [-0.4, -0.2) is 0 Å². The number of furan rings is 1. The van der Waals surface area contributed by atoms with Gasteiger partial charge in [0.05, 0.1) is 17.1 Å². The topological polar surface area (TPSA) is 16.4 Å². The fourth-order valence-corrected chi connectivity index (χ4v) is 6.00. The molecule has 0 bridgehead atoms. The van der Waals surface area contributed by atoms with Crippen molar-refractivity contribution in [3.63, 3.8) is 0 Å². The Morgan fingerprint density at radius 3 is 1.62 bits per heavy atom. The highest BCUT2D eigenvalue weighted by molar-refractivity contribution is 6.09. The molecule has 40 heavy (non-hydrogen) atoms. The molecule has 0 amide bonds. The summed E-state index contributed by atoms with van der Waals surface area (Å²) in [5.74, 6) is 0. The maximum Gasteiger partial charge on any atom is 0.135 e. The van der Waals surface area contributed by atoms with Crippen molar-refractivity contribution in [3.05, 3.63) is 152 Å². The number of benzene rings is 7. The van der Waals surface area contributed by atoms with E-state index in [1.807, 2.05) is 12.1 Å². The van der Waals surface area contributed by atoms with Crippen molar-refractivity contribution in [2.75, 3.05) is 4.90 Å². The molecule has 0 saturated heterocycles. The fraction of sp³-hybridized carbons (Fsp3) is 0. The van der Waals surface area contributed by atoms with Gasteiger partial charge in [-0.15, -0.1) is 0 Å². The number of hydrogen-bond donors (Lipinski definition) is 0. The lowest BCUT2D eigenvalue weighted by molar-refractivity contribution is 0.669. The van der Waals surface area contributed by atoms with Crippen LogP contribution in [0.1, 0.15) is 0 Å². The van der Waals surface area contributed by atoms with Gasteiger partial charge in [-0.1, -0.05) is 115 Å². The summed E-state index contributed by atoms with van der Waals surface area (Å²) in [6, 6.07) is 53.9. The molecule has 188 valence electrons. The van der Waals surface area contributed by atoms with Gasteiger partial charge in [-0.05, 0) is 52.7 Å². The third-order valence-electron chi connectivity index (χ3n) is 7.85. The minimum Gasteiger partial charge on any atom is -0.456 e. The first-order valence-corrected chi connectivity index (χ1v) is 13.6. The standard InChI is InChI=1S/C38H25NO/c1-3-15-29-26(11-1)13-9-20-35(29)39(36-21-10-14-27-12-2-4-16-30(27)36)34-19-7-5-17-31(34)28-23-24-38-33(25-28)32-18-6-8-22-37(32)40-38/h1-25H. The molecule has 8 aromatic rings. The van der Waals surface area contributed by atoms with E-state index >= 15 is 0 Å². The van der Waals surface area contributed by atoms with E-state index in [4.69, 9.17) is 4.42 Å². The van der Waals surface area contributed by atoms with E-state index in [0.29, 0.717) is 0 Å². The lowest BCUT2D eigenvalue weighted by atomic mass is 9.98. The Hall–Kier alpha value is -5.34. The molecule has 0 aliphatic rings. The smallest absolute Gasteiger partial charge is 0.135 e. The van der Waals surface area contributed by atoms with Gasteiger partial charge in [0.2, 0.25) is 0 Å². The van der Waals surface area contributed by atoms with Crippen LogP contribution in [0, 0.1) is 0 Å². The summed E-state index contributed by atoms with van der Waals surface area (Å²) >= 11 is 0. The minimum absolute atomic E-state index is 0.905. The van der Waals surface area contributed by atoms with Gasteiger partial charge < -0.3 is 9.32 Å².